The minimum atomic E-state index is -0.150. The lowest BCUT2D eigenvalue weighted by Crippen LogP contribution is -2.44. The predicted molar refractivity (Wildman–Crippen MR) is 87.5 cm³/mol. The Labute approximate surface area is 134 Å². The first kappa shape index (κ1) is 14.9. The monoisotopic (exact) mass is 302 g/mol. The number of rotatable bonds is 1. The van der Waals surface area contributed by atoms with Crippen molar-refractivity contribution >= 4 is 5.78 Å². The summed E-state index contributed by atoms with van der Waals surface area (Å²) in [7, 11) is 0. The SMILES string of the molecule is C=C(C)[C@H]1CC(=O)[C@]2(C)C[C@H]3[C@](C)(CC[C@@H]12)[C@@H]1CC[C@@]3(C)O1. The Hall–Kier alpha value is -0.630. The Morgan fingerprint density at radius 3 is 2.64 bits per heavy atom. The quantitative estimate of drug-likeness (QED) is 0.665. The lowest BCUT2D eigenvalue weighted by Gasteiger charge is -2.43. The molecule has 0 aromatic heterocycles. The van der Waals surface area contributed by atoms with E-state index in [-0.39, 0.29) is 16.4 Å². The largest absolute Gasteiger partial charge is 0.371 e. The van der Waals surface area contributed by atoms with Crippen molar-refractivity contribution in [3.05, 3.63) is 12.2 Å². The third-order valence-electron chi connectivity index (χ3n) is 8.18. The van der Waals surface area contributed by atoms with Crippen LogP contribution in [0, 0.1) is 28.6 Å². The molecule has 7 atom stereocenters. The van der Waals surface area contributed by atoms with Crippen LogP contribution in [0.25, 0.3) is 0 Å². The fourth-order valence-electron chi connectivity index (χ4n) is 6.71. The molecule has 2 aliphatic carbocycles. The zero-order valence-electron chi connectivity index (χ0n) is 14.6. The zero-order chi connectivity index (χ0) is 15.9. The summed E-state index contributed by atoms with van der Waals surface area (Å²) >= 11 is 0. The first-order chi connectivity index (χ1) is 10.2. The number of ether oxygens (including phenoxy) is 1. The van der Waals surface area contributed by atoms with E-state index in [4.69, 9.17) is 4.74 Å². The summed E-state index contributed by atoms with van der Waals surface area (Å²) in [5, 5.41) is 0. The molecular weight excluding hydrogens is 272 g/mol. The highest BCUT2D eigenvalue weighted by atomic mass is 16.5. The van der Waals surface area contributed by atoms with Crippen LogP contribution in [0.5, 0.6) is 0 Å². The van der Waals surface area contributed by atoms with Crippen LogP contribution < -0.4 is 0 Å². The van der Waals surface area contributed by atoms with Crippen molar-refractivity contribution in [2.24, 2.45) is 28.6 Å². The highest BCUT2D eigenvalue weighted by Gasteiger charge is 2.67. The first-order valence-electron chi connectivity index (χ1n) is 9.07. The lowest BCUT2D eigenvalue weighted by molar-refractivity contribution is -0.128. The second kappa shape index (κ2) is 4.26. The van der Waals surface area contributed by atoms with Crippen molar-refractivity contribution in [3.8, 4) is 0 Å². The van der Waals surface area contributed by atoms with E-state index in [9.17, 15) is 4.79 Å². The number of Topliss-reactive ketones (excluding diaryl/α,β-unsaturated/α-hetero) is 1. The van der Waals surface area contributed by atoms with Crippen molar-refractivity contribution in [1.82, 2.24) is 0 Å². The summed E-state index contributed by atoms with van der Waals surface area (Å²) in [5.41, 5.74) is 1.35. The summed E-state index contributed by atoms with van der Waals surface area (Å²) < 4.78 is 6.44. The minimum Gasteiger partial charge on any atom is -0.371 e. The molecular formula is C20H30O2. The van der Waals surface area contributed by atoms with E-state index >= 15 is 0 Å². The first-order valence-corrected chi connectivity index (χ1v) is 9.07. The molecule has 22 heavy (non-hydrogen) atoms. The third-order valence-corrected chi connectivity index (χ3v) is 8.18. The topological polar surface area (TPSA) is 26.3 Å². The van der Waals surface area contributed by atoms with E-state index in [1.54, 1.807) is 0 Å². The molecule has 0 amide bonds. The second-order valence-electron chi connectivity index (χ2n) is 9.36. The lowest BCUT2D eigenvalue weighted by atomic mass is 9.59. The van der Waals surface area contributed by atoms with Crippen LogP contribution in [0.3, 0.4) is 0 Å². The van der Waals surface area contributed by atoms with Gasteiger partial charge >= 0.3 is 0 Å². The van der Waals surface area contributed by atoms with Gasteiger partial charge in [0.05, 0.1) is 11.7 Å². The molecule has 2 aliphatic heterocycles. The van der Waals surface area contributed by atoms with Crippen LogP contribution in [-0.2, 0) is 9.53 Å². The molecule has 2 heteroatoms. The number of fused-ring (bicyclic) bond motifs is 6. The molecule has 4 rings (SSSR count). The van der Waals surface area contributed by atoms with Gasteiger partial charge in [0.25, 0.3) is 0 Å². The van der Waals surface area contributed by atoms with Gasteiger partial charge in [-0.2, -0.15) is 0 Å². The molecule has 2 saturated carbocycles. The van der Waals surface area contributed by atoms with Crippen molar-refractivity contribution in [1.29, 1.82) is 0 Å². The van der Waals surface area contributed by atoms with E-state index < -0.39 is 0 Å². The summed E-state index contributed by atoms with van der Waals surface area (Å²) in [6, 6.07) is 0. The van der Waals surface area contributed by atoms with Crippen molar-refractivity contribution in [2.75, 3.05) is 0 Å². The highest BCUT2D eigenvalue weighted by molar-refractivity contribution is 5.88. The number of carbonyl (C=O) groups excluding carboxylic acids is 1. The molecule has 0 N–H and O–H groups in total. The van der Waals surface area contributed by atoms with E-state index in [0.29, 0.717) is 29.6 Å². The molecule has 0 unspecified atom stereocenters. The van der Waals surface area contributed by atoms with Crippen LogP contribution in [0.1, 0.15) is 66.2 Å². The minimum absolute atomic E-state index is 0.0128. The van der Waals surface area contributed by atoms with Crippen LogP contribution in [0.4, 0.5) is 0 Å². The molecule has 2 saturated heterocycles. The number of hydrogen-bond donors (Lipinski definition) is 0. The van der Waals surface area contributed by atoms with Gasteiger partial charge in [-0.1, -0.05) is 26.0 Å². The molecule has 0 aromatic rings. The fraction of sp³-hybridized carbons (Fsp3) is 0.850. The van der Waals surface area contributed by atoms with Gasteiger partial charge in [0, 0.05) is 11.8 Å². The van der Waals surface area contributed by atoms with Gasteiger partial charge in [-0.05, 0) is 69.1 Å². The molecule has 4 aliphatic rings. The molecule has 2 nitrogen and oxygen atoms in total. The van der Waals surface area contributed by atoms with E-state index in [0.717, 1.165) is 12.8 Å². The Kier molecular flexibility index (Phi) is 2.89. The molecule has 2 heterocycles. The Bertz CT molecular complexity index is 552. The van der Waals surface area contributed by atoms with E-state index in [1.165, 1.54) is 31.3 Å². The zero-order valence-corrected chi connectivity index (χ0v) is 14.6. The maximum atomic E-state index is 12.9. The normalized spacial score (nSPS) is 56.6. The third kappa shape index (κ3) is 1.63. The molecule has 2 bridgehead atoms. The van der Waals surface area contributed by atoms with Crippen LogP contribution in [0.15, 0.2) is 12.2 Å². The molecule has 122 valence electrons. The fourth-order valence-corrected chi connectivity index (χ4v) is 6.71. The average Bonchev–Trinajstić information content (AvgIpc) is 2.97. The van der Waals surface area contributed by atoms with Crippen LogP contribution in [-0.4, -0.2) is 17.5 Å². The Balaban J connectivity index is 1.75. The van der Waals surface area contributed by atoms with Crippen molar-refractivity contribution in [2.45, 2.75) is 77.9 Å². The maximum absolute atomic E-state index is 12.9. The van der Waals surface area contributed by atoms with E-state index in [1.807, 2.05) is 0 Å². The number of hydrogen-bond acceptors (Lipinski definition) is 2. The summed E-state index contributed by atoms with van der Waals surface area (Å²) in [6.07, 6.45) is 6.95. The number of carbonyl (C=O) groups is 1. The van der Waals surface area contributed by atoms with Gasteiger partial charge in [0.15, 0.2) is 0 Å². The molecule has 0 aromatic carbocycles. The van der Waals surface area contributed by atoms with E-state index in [2.05, 4.69) is 34.3 Å². The molecule has 0 radical (unpaired) electrons. The summed E-state index contributed by atoms with van der Waals surface area (Å²) in [6.45, 7) is 13.3. The Morgan fingerprint density at radius 1 is 1.23 bits per heavy atom. The average molecular weight is 302 g/mol. The summed E-state index contributed by atoms with van der Waals surface area (Å²) in [4.78, 5) is 12.9. The van der Waals surface area contributed by atoms with Gasteiger partial charge < -0.3 is 4.74 Å². The highest BCUT2D eigenvalue weighted by Crippen LogP contribution is 2.67. The summed E-state index contributed by atoms with van der Waals surface area (Å²) in [5.74, 6) is 1.94. The smallest absolute Gasteiger partial charge is 0.139 e. The standard InChI is InChI=1S/C20H30O2/c1-12(2)13-10-16(21)19(4)11-15-18(3,8-6-14(13)19)17-7-9-20(15,5)22-17/h13-15,17H,1,6-11H2,2-5H3/t13-,14+,15+,17+,18+,19-,20-/m1/s1. The molecule has 0 spiro atoms. The second-order valence-corrected chi connectivity index (χ2v) is 9.36. The Morgan fingerprint density at radius 2 is 1.95 bits per heavy atom. The van der Waals surface area contributed by atoms with Gasteiger partial charge in [-0.25, -0.2) is 0 Å². The van der Waals surface area contributed by atoms with Crippen molar-refractivity contribution < 1.29 is 9.53 Å². The van der Waals surface area contributed by atoms with Crippen molar-refractivity contribution in [3.63, 3.8) is 0 Å². The maximum Gasteiger partial charge on any atom is 0.139 e. The van der Waals surface area contributed by atoms with Crippen LogP contribution >= 0.6 is 0 Å². The van der Waals surface area contributed by atoms with Gasteiger partial charge in [-0.15, -0.1) is 0 Å². The van der Waals surface area contributed by atoms with Crippen LogP contribution in [0.2, 0.25) is 0 Å². The van der Waals surface area contributed by atoms with Gasteiger partial charge in [-0.3, -0.25) is 4.79 Å². The van der Waals surface area contributed by atoms with Gasteiger partial charge in [0.1, 0.15) is 5.78 Å². The predicted octanol–water partition coefficient (Wildman–Crippen LogP) is 4.53. The van der Waals surface area contributed by atoms with Gasteiger partial charge in [0.2, 0.25) is 0 Å². The molecule has 4 fully saturated rings. The number of allylic oxidation sites excluding steroid dienone is 1. The number of ketones is 1.